The van der Waals surface area contributed by atoms with Gasteiger partial charge in [0.25, 0.3) is 0 Å². The molecule has 4 heterocycles. The number of fused-ring (bicyclic) bond motifs is 1. The molecule has 0 spiro atoms. The molecule has 0 saturated carbocycles. The Kier molecular flexibility index (Phi) is 8.81. The van der Waals surface area contributed by atoms with Crippen LogP contribution in [-0.2, 0) is 4.79 Å². The Labute approximate surface area is 265 Å². The van der Waals surface area contributed by atoms with Crippen molar-refractivity contribution in [2.24, 2.45) is 23.7 Å². The maximum absolute atomic E-state index is 12.6. The Balaban J connectivity index is 1.17. The number of nitrogens with zero attached hydrogens (tertiary/aromatic N) is 6. The fraction of sp³-hybridized carbons (Fsp3) is 0.469. The van der Waals surface area contributed by atoms with Gasteiger partial charge in [0.1, 0.15) is 0 Å². The second kappa shape index (κ2) is 12.7. The Hall–Kier alpha value is -3.31. The van der Waals surface area contributed by atoms with Gasteiger partial charge in [-0.25, -0.2) is 4.98 Å². The first-order valence-corrected chi connectivity index (χ1v) is 16.8. The highest BCUT2D eigenvalue weighted by atomic mass is 79.9. The first kappa shape index (κ1) is 29.7. The molecular weight excluding hydrogens is 624 g/mol. The third-order valence-corrected chi connectivity index (χ3v) is 9.54. The van der Waals surface area contributed by atoms with E-state index < -0.39 is 0 Å². The van der Waals surface area contributed by atoms with Crippen LogP contribution < -0.4 is 20.4 Å². The molecule has 0 aliphatic carbocycles. The van der Waals surface area contributed by atoms with Crippen LogP contribution in [0.25, 0.3) is 21.6 Å². The number of halogens is 1. The number of anilines is 4. The van der Waals surface area contributed by atoms with Gasteiger partial charge in [-0.2, -0.15) is 15.0 Å². The number of hydrogen-bond donors (Lipinski definition) is 2. The fourth-order valence-electron chi connectivity index (χ4n) is 6.45. The Bertz CT molecular complexity index is 1530. The molecule has 4 unspecified atom stereocenters. The molecule has 9 nitrogen and oxygen atoms in total. The number of amides is 1. The van der Waals surface area contributed by atoms with Gasteiger partial charge in [0.15, 0.2) is 11.0 Å². The van der Waals surface area contributed by atoms with Crippen molar-refractivity contribution >= 4 is 66.1 Å². The number of thiazole rings is 1. The number of aromatic nitrogens is 4. The molecule has 2 aromatic heterocycles. The van der Waals surface area contributed by atoms with Crippen molar-refractivity contribution < 1.29 is 4.79 Å². The molecule has 2 N–H and O–H groups in total. The average Bonchev–Trinajstić information content (AvgIpc) is 3.36. The summed E-state index contributed by atoms with van der Waals surface area (Å²) in [5, 5.41) is 6.71. The molecular formula is C32H39BrN8OS. The van der Waals surface area contributed by atoms with E-state index in [2.05, 4.69) is 69.0 Å². The SMILES string of the molecule is CC1CC(C)CN(c2nc(-c3ccc(NCC(=O)Nc4nc5ccc(Br)cc5s4)cc3)nc(N3CC(C)CC(C)C3)n2)C1. The third kappa shape index (κ3) is 7.26. The minimum Gasteiger partial charge on any atom is -0.376 e. The number of benzene rings is 2. The predicted molar refractivity (Wildman–Crippen MR) is 180 cm³/mol. The zero-order valence-electron chi connectivity index (χ0n) is 25.2. The van der Waals surface area contributed by atoms with Crippen molar-refractivity contribution in [3.63, 3.8) is 0 Å². The molecule has 2 aliphatic heterocycles. The van der Waals surface area contributed by atoms with Gasteiger partial charge < -0.3 is 20.4 Å². The molecule has 2 aromatic carbocycles. The largest absolute Gasteiger partial charge is 0.376 e. The average molecular weight is 664 g/mol. The first-order chi connectivity index (χ1) is 20.7. The molecule has 0 bridgehead atoms. The molecule has 1 amide bonds. The summed E-state index contributed by atoms with van der Waals surface area (Å²) in [6.45, 7) is 13.2. The second-order valence-electron chi connectivity index (χ2n) is 12.6. The zero-order chi connectivity index (χ0) is 30.1. The van der Waals surface area contributed by atoms with Crippen LogP contribution in [0.4, 0.5) is 22.7 Å². The van der Waals surface area contributed by atoms with Gasteiger partial charge in [0, 0.05) is 41.9 Å². The predicted octanol–water partition coefficient (Wildman–Crippen LogP) is 6.93. The Morgan fingerprint density at radius 2 is 1.42 bits per heavy atom. The minimum atomic E-state index is -0.149. The van der Waals surface area contributed by atoms with E-state index in [-0.39, 0.29) is 12.5 Å². The highest BCUT2D eigenvalue weighted by Crippen LogP contribution is 2.31. The lowest BCUT2D eigenvalue weighted by Crippen LogP contribution is -2.42. The van der Waals surface area contributed by atoms with Crippen LogP contribution in [0.3, 0.4) is 0 Å². The van der Waals surface area contributed by atoms with Gasteiger partial charge in [0.05, 0.1) is 16.8 Å². The summed E-state index contributed by atoms with van der Waals surface area (Å²) < 4.78 is 2.01. The van der Waals surface area contributed by atoms with Crippen molar-refractivity contribution in [3.05, 3.63) is 46.9 Å². The molecule has 2 aliphatic rings. The molecule has 2 fully saturated rings. The van der Waals surface area contributed by atoms with E-state index in [0.29, 0.717) is 34.6 Å². The van der Waals surface area contributed by atoms with Gasteiger partial charge in [-0.3, -0.25) is 4.79 Å². The number of piperidine rings is 2. The highest BCUT2D eigenvalue weighted by molar-refractivity contribution is 9.10. The van der Waals surface area contributed by atoms with E-state index in [4.69, 9.17) is 15.0 Å². The number of carbonyl (C=O) groups excluding carboxylic acids is 1. The van der Waals surface area contributed by atoms with E-state index in [0.717, 1.165) is 64.0 Å². The topological polar surface area (TPSA) is 99.2 Å². The molecule has 4 aromatic rings. The van der Waals surface area contributed by atoms with Crippen LogP contribution in [0, 0.1) is 23.7 Å². The summed E-state index contributed by atoms with van der Waals surface area (Å²) in [5.74, 6) is 4.47. The number of rotatable bonds is 7. The summed E-state index contributed by atoms with van der Waals surface area (Å²) in [4.78, 5) is 36.8. The van der Waals surface area contributed by atoms with Crippen molar-refractivity contribution in [1.82, 2.24) is 19.9 Å². The molecule has 226 valence electrons. The van der Waals surface area contributed by atoms with Gasteiger partial charge in [0.2, 0.25) is 17.8 Å². The summed E-state index contributed by atoms with van der Waals surface area (Å²) in [7, 11) is 0. The zero-order valence-corrected chi connectivity index (χ0v) is 27.6. The van der Waals surface area contributed by atoms with E-state index >= 15 is 0 Å². The summed E-state index contributed by atoms with van der Waals surface area (Å²) in [6.07, 6.45) is 2.46. The van der Waals surface area contributed by atoms with E-state index in [1.54, 1.807) is 0 Å². The molecule has 6 rings (SSSR count). The van der Waals surface area contributed by atoms with Crippen molar-refractivity contribution in [2.75, 3.05) is 53.2 Å². The van der Waals surface area contributed by atoms with Crippen molar-refractivity contribution in [2.45, 2.75) is 40.5 Å². The minimum absolute atomic E-state index is 0.135. The van der Waals surface area contributed by atoms with Gasteiger partial charge in [-0.1, -0.05) is 55.0 Å². The monoisotopic (exact) mass is 662 g/mol. The summed E-state index contributed by atoms with van der Waals surface area (Å²) in [5.41, 5.74) is 2.64. The van der Waals surface area contributed by atoms with Crippen molar-refractivity contribution in [3.8, 4) is 11.4 Å². The molecule has 0 radical (unpaired) electrons. The van der Waals surface area contributed by atoms with E-state index in [1.165, 1.54) is 24.2 Å². The van der Waals surface area contributed by atoms with Gasteiger partial charge in [-0.15, -0.1) is 0 Å². The second-order valence-corrected chi connectivity index (χ2v) is 14.5. The summed E-state index contributed by atoms with van der Waals surface area (Å²) in [6, 6.07) is 13.8. The van der Waals surface area contributed by atoms with Crippen LogP contribution in [0.5, 0.6) is 0 Å². The number of nitrogens with one attached hydrogen (secondary N) is 2. The lowest BCUT2D eigenvalue weighted by Gasteiger charge is -2.37. The molecule has 11 heteroatoms. The van der Waals surface area contributed by atoms with Gasteiger partial charge in [-0.05, 0) is 79.0 Å². The third-order valence-electron chi connectivity index (χ3n) is 8.11. The maximum Gasteiger partial charge on any atom is 0.245 e. The number of hydrogen-bond acceptors (Lipinski definition) is 9. The quantitative estimate of drug-likeness (QED) is 0.220. The molecule has 4 atom stereocenters. The van der Waals surface area contributed by atoms with Crippen LogP contribution >= 0.6 is 27.3 Å². The first-order valence-electron chi connectivity index (χ1n) is 15.1. The fourth-order valence-corrected chi connectivity index (χ4v) is 7.89. The maximum atomic E-state index is 12.6. The Morgan fingerprint density at radius 1 is 0.837 bits per heavy atom. The van der Waals surface area contributed by atoms with Crippen LogP contribution in [0.1, 0.15) is 40.5 Å². The standard InChI is InChI=1S/C32H39BrN8OS/c1-19-11-20(2)16-40(15-19)30-37-29(38-31(39-30)41-17-21(3)12-22(4)18-41)23-5-8-25(9-6-23)34-14-28(42)36-32-35-26-10-7-24(33)13-27(26)43-32/h5-10,13,19-22,34H,11-12,14-18H2,1-4H3,(H,35,36,42). The molecule has 43 heavy (non-hydrogen) atoms. The lowest BCUT2D eigenvalue weighted by molar-refractivity contribution is -0.114. The van der Waals surface area contributed by atoms with Gasteiger partial charge >= 0.3 is 0 Å². The van der Waals surface area contributed by atoms with E-state index in [9.17, 15) is 4.79 Å². The highest BCUT2D eigenvalue weighted by Gasteiger charge is 2.28. The van der Waals surface area contributed by atoms with Crippen molar-refractivity contribution in [1.29, 1.82) is 0 Å². The summed E-state index contributed by atoms with van der Waals surface area (Å²) >= 11 is 4.94. The van der Waals surface area contributed by atoms with E-state index in [1.807, 2.05) is 42.5 Å². The normalized spacial score (nSPS) is 22.5. The smallest absolute Gasteiger partial charge is 0.245 e. The van der Waals surface area contributed by atoms with Crippen LogP contribution in [-0.4, -0.2) is 58.6 Å². The Morgan fingerprint density at radius 3 is 2.00 bits per heavy atom. The molecule has 2 saturated heterocycles. The lowest BCUT2D eigenvalue weighted by atomic mass is 9.92. The van der Waals surface area contributed by atoms with Crippen LogP contribution in [0.15, 0.2) is 46.9 Å². The number of carbonyl (C=O) groups is 1. The van der Waals surface area contributed by atoms with Crippen LogP contribution in [0.2, 0.25) is 0 Å².